The van der Waals surface area contributed by atoms with E-state index < -0.39 is 12.5 Å². The maximum Gasteiger partial charge on any atom is 0.253 e. The number of halogens is 2. The molecule has 1 aromatic heterocycles. The van der Waals surface area contributed by atoms with Crippen molar-refractivity contribution in [3.05, 3.63) is 18.2 Å². The zero-order valence-corrected chi connectivity index (χ0v) is 8.30. The molecule has 2 atom stereocenters. The molecular formula is C9H15F2N3. The summed E-state index contributed by atoms with van der Waals surface area (Å²) < 4.78 is 24.5. The first-order valence-electron chi connectivity index (χ1n) is 4.68. The lowest BCUT2D eigenvalue weighted by atomic mass is 10.2. The summed E-state index contributed by atoms with van der Waals surface area (Å²) in [6.07, 6.45) is 1.68. The topological polar surface area (TPSA) is 40.7 Å². The van der Waals surface area contributed by atoms with E-state index in [0.717, 1.165) is 6.42 Å². The standard InChI is InChI=1S/C9H15F2N3/c1-3-7(9-12-4-5-13-9)14-6(2)8(10)11/h4-8,14H,3H2,1-2H3,(H,12,13). The molecule has 0 aliphatic heterocycles. The maximum absolute atomic E-state index is 12.3. The molecule has 0 bridgehead atoms. The lowest BCUT2D eigenvalue weighted by Crippen LogP contribution is -2.36. The van der Waals surface area contributed by atoms with E-state index in [9.17, 15) is 8.78 Å². The second-order valence-electron chi connectivity index (χ2n) is 3.23. The molecule has 14 heavy (non-hydrogen) atoms. The summed E-state index contributed by atoms with van der Waals surface area (Å²) in [5.41, 5.74) is 0. The Morgan fingerprint density at radius 1 is 1.57 bits per heavy atom. The molecule has 0 radical (unpaired) electrons. The van der Waals surface area contributed by atoms with Gasteiger partial charge in [0.15, 0.2) is 0 Å². The van der Waals surface area contributed by atoms with E-state index in [1.165, 1.54) is 6.92 Å². The second-order valence-corrected chi connectivity index (χ2v) is 3.23. The monoisotopic (exact) mass is 203 g/mol. The first kappa shape index (κ1) is 11.1. The van der Waals surface area contributed by atoms with Gasteiger partial charge in [-0.05, 0) is 13.3 Å². The van der Waals surface area contributed by atoms with Crippen molar-refractivity contribution in [2.24, 2.45) is 0 Å². The van der Waals surface area contributed by atoms with E-state index in [4.69, 9.17) is 0 Å². The third-order valence-corrected chi connectivity index (χ3v) is 2.10. The molecule has 0 fully saturated rings. The third-order valence-electron chi connectivity index (χ3n) is 2.10. The van der Waals surface area contributed by atoms with Crippen LogP contribution < -0.4 is 5.32 Å². The van der Waals surface area contributed by atoms with Crippen molar-refractivity contribution in [3.8, 4) is 0 Å². The summed E-state index contributed by atoms with van der Waals surface area (Å²) in [5.74, 6) is 0.708. The molecule has 1 aromatic rings. The van der Waals surface area contributed by atoms with Crippen molar-refractivity contribution in [2.45, 2.75) is 38.8 Å². The van der Waals surface area contributed by atoms with Gasteiger partial charge in [0.25, 0.3) is 6.43 Å². The van der Waals surface area contributed by atoms with Crippen LogP contribution in [0.5, 0.6) is 0 Å². The summed E-state index contributed by atoms with van der Waals surface area (Å²) >= 11 is 0. The van der Waals surface area contributed by atoms with Crippen LogP contribution in [0.4, 0.5) is 8.78 Å². The molecule has 0 saturated carbocycles. The highest BCUT2D eigenvalue weighted by Gasteiger charge is 2.20. The zero-order chi connectivity index (χ0) is 10.6. The summed E-state index contributed by atoms with van der Waals surface area (Å²) in [4.78, 5) is 6.95. The second kappa shape index (κ2) is 5.05. The number of imidazole rings is 1. The minimum Gasteiger partial charge on any atom is -0.347 e. The van der Waals surface area contributed by atoms with Gasteiger partial charge in [0.1, 0.15) is 5.82 Å². The molecule has 0 aromatic carbocycles. The van der Waals surface area contributed by atoms with E-state index in [0.29, 0.717) is 5.82 Å². The van der Waals surface area contributed by atoms with E-state index in [1.54, 1.807) is 12.4 Å². The van der Waals surface area contributed by atoms with Crippen LogP contribution in [0.15, 0.2) is 12.4 Å². The van der Waals surface area contributed by atoms with E-state index >= 15 is 0 Å². The molecule has 5 heteroatoms. The number of nitrogens with zero attached hydrogens (tertiary/aromatic N) is 1. The van der Waals surface area contributed by atoms with Crippen LogP contribution >= 0.6 is 0 Å². The van der Waals surface area contributed by atoms with Crippen LogP contribution in [0.1, 0.15) is 32.1 Å². The predicted octanol–water partition coefficient (Wildman–Crippen LogP) is 2.10. The predicted molar refractivity (Wildman–Crippen MR) is 50.2 cm³/mol. The lowest BCUT2D eigenvalue weighted by Gasteiger charge is -2.19. The Kier molecular flexibility index (Phi) is 4.00. The van der Waals surface area contributed by atoms with Gasteiger partial charge in [0.2, 0.25) is 0 Å². The van der Waals surface area contributed by atoms with E-state index in [2.05, 4.69) is 15.3 Å². The molecule has 0 aliphatic rings. The van der Waals surface area contributed by atoms with Gasteiger partial charge in [-0.3, -0.25) is 5.32 Å². The first-order chi connectivity index (χ1) is 6.65. The van der Waals surface area contributed by atoms with Crippen molar-refractivity contribution in [1.29, 1.82) is 0 Å². The fraction of sp³-hybridized carbons (Fsp3) is 0.667. The Bertz CT molecular complexity index is 249. The van der Waals surface area contributed by atoms with E-state index in [-0.39, 0.29) is 6.04 Å². The Hall–Kier alpha value is -0.970. The number of nitrogens with one attached hydrogen (secondary N) is 2. The Labute approximate surface area is 81.9 Å². The number of hydrogen-bond acceptors (Lipinski definition) is 2. The Morgan fingerprint density at radius 3 is 2.71 bits per heavy atom. The molecule has 0 spiro atoms. The highest BCUT2D eigenvalue weighted by Crippen LogP contribution is 2.14. The summed E-state index contributed by atoms with van der Waals surface area (Å²) in [6.45, 7) is 3.40. The van der Waals surface area contributed by atoms with Crippen LogP contribution in [0.2, 0.25) is 0 Å². The van der Waals surface area contributed by atoms with Crippen molar-refractivity contribution in [3.63, 3.8) is 0 Å². The van der Waals surface area contributed by atoms with Gasteiger partial charge < -0.3 is 4.98 Å². The molecule has 1 rings (SSSR count). The minimum absolute atomic E-state index is 0.131. The van der Waals surface area contributed by atoms with Gasteiger partial charge in [0.05, 0.1) is 12.1 Å². The Balaban J connectivity index is 2.56. The maximum atomic E-state index is 12.3. The lowest BCUT2D eigenvalue weighted by molar-refractivity contribution is 0.0989. The quantitative estimate of drug-likeness (QED) is 0.769. The van der Waals surface area contributed by atoms with E-state index in [1.807, 2.05) is 6.92 Å². The van der Waals surface area contributed by atoms with Gasteiger partial charge in [-0.25, -0.2) is 13.8 Å². The average Bonchev–Trinajstić information content (AvgIpc) is 2.66. The van der Waals surface area contributed by atoms with Crippen LogP contribution in [0, 0.1) is 0 Å². The summed E-state index contributed by atoms with van der Waals surface area (Å²) in [5, 5.41) is 2.82. The first-order valence-corrected chi connectivity index (χ1v) is 4.68. The molecule has 2 unspecified atom stereocenters. The Morgan fingerprint density at radius 2 is 2.29 bits per heavy atom. The SMILES string of the molecule is CCC(NC(C)C(F)F)c1ncc[nH]1. The highest BCUT2D eigenvalue weighted by molar-refractivity contribution is 4.95. The van der Waals surface area contributed by atoms with Gasteiger partial charge in [-0.2, -0.15) is 0 Å². The van der Waals surface area contributed by atoms with Crippen LogP contribution in [0.25, 0.3) is 0 Å². The number of hydrogen-bond donors (Lipinski definition) is 2. The van der Waals surface area contributed by atoms with Crippen LogP contribution in [-0.4, -0.2) is 22.4 Å². The molecular weight excluding hydrogens is 188 g/mol. The number of alkyl halides is 2. The normalized spacial score (nSPS) is 15.8. The number of aromatic nitrogens is 2. The molecule has 0 aliphatic carbocycles. The molecule has 1 heterocycles. The molecule has 3 nitrogen and oxygen atoms in total. The molecule has 2 N–H and O–H groups in total. The van der Waals surface area contributed by atoms with Gasteiger partial charge in [-0.1, -0.05) is 6.92 Å². The van der Waals surface area contributed by atoms with Gasteiger partial charge in [0, 0.05) is 12.4 Å². The van der Waals surface area contributed by atoms with Crippen molar-refractivity contribution in [2.75, 3.05) is 0 Å². The number of aromatic amines is 1. The fourth-order valence-corrected chi connectivity index (χ4v) is 1.25. The van der Waals surface area contributed by atoms with Crippen molar-refractivity contribution >= 4 is 0 Å². The number of rotatable bonds is 5. The summed E-state index contributed by atoms with van der Waals surface area (Å²) in [7, 11) is 0. The van der Waals surface area contributed by atoms with Crippen LogP contribution in [0.3, 0.4) is 0 Å². The minimum atomic E-state index is -2.35. The largest absolute Gasteiger partial charge is 0.347 e. The molecule has 80 valence electrons. The third kappa shape index (κ3) is 2.77. The van der Waals surface area contributed by atoms with Gasteiger partial charge >= 0.3 is 0 Å². The van der Waals surface area contributed by atoms with Gasteiger partial charge in [-0.15, -0.1) is 0 Å². The number of H-pyrrole nitrogens is 1. The average molecular weight is 203 g/mol. The highest BCUT2D eigenvalue weighted by atomic mass is 19.3. The van der Waals surface area contributed by atoms with Crippen molar-refractivity contribution < 1.29 is 8.78 Å². The van der Waals surface area contributed by atoms with Crippen molar-refractivity contribution in [1.82, 2.24) is 15.3 Å². The fourth-order valence-electron chi connectivity index (χ4n) is 1.25. The molecule has 0 saturated heterocycles. The summed E-state index contributed by atoms with van der Waals surface area (Å²) in [6, 6.07) is -0.945. The zero-order valence-electron chi connectivity index (χ0n) is 8.30. The molecule has 0 amide bonds. The smallest absolute Gasteiger partial charge is 0.253 e. The van der Waals surface area contributed by atoms with Crippen LogP contribution in [-0.2, 0) is 0 Å².